The molecule has 0 saturated heterocycles. The number of aromatic nitrogens is 2. The predicted octanol–water partition coefficient (Wildman–Crippen LogP) is 0.754. The number of aliphatic hydroxyl groups excluding tert-OH is 1. The van der Waals surface area contributed by atoms with Crippen molar-refractivity contribution in [1.82, 2.24) is 14.9 Å². The minimum Gasteiger partial charge on any atom is -0.395 e. The van der Waals surface area contributed by atoms with E-state index >= 15 is 0 Å². The number of imidazole rings is 1. The lowest BCUT2D eigenvalue weighted by molar-refractivity contribution is 0.0945. The smallest absolute Gasteiger partial charge is 0.251 e. The highest BCUT2D eigenvalue weighted by atomic mass is 16.3. The molecule has 0 aliphatic heterocycles. The van der Waals surface area contributed by atoms with Crippen molar-refractivity contribution in [1.29, 1.82) is 0 Å². The fourth-order valence-corrected chi connectivity index (χ4v) is 1.76. The molecule has 0 aliphatic rings. The van der Waals surface area contributed by atoms with Crippen LogP contribution in [-0.4, -0.2) is 33.7 Å². The minimum absolute atomic E-state index is 0.0594. The third-order valence-electron chi connectivity index (χ3n) is 2.93. The number of nitrogens with zero attached hydrogens (tertiary/aromatic N) is 2. The van der Waals surface area contributed by atoms with Crippen LogP contribution in [0.1, 0.15) is 16.1 Å². The molecule has 0 fully saturated rings. The van der Waals surface area contributed by atoms with E-state index in [1.165, 1.54) is 0 Å². The number of carbonyl (C=O) groups excluding carboxylic acids is 1. The van der Waals surface area contributed by atoms with E-state index in [9.17, 15) is 4.79 Å². The number of aryl methyl sites for hydroxylation is 1. The molecule has 3 N–H and O–H groups in total. The number of hydrogen-bond acceptors (Lipinski definition) is 4. The fourth-order valence-electron chi connectivity index (χ4n) is 1.76. The molecule has 6 nitrogen and oxygen atoms in total. The van der Waals surface area contributed by atoms with Gasteiger partial charge in [0.15, 0.2) is 0 Å². The van der Waals surface area contributed by atoms with Gasteiger partial charge < -0.3 is 20.3 Å². The number of benzene rings is 1. The molecular weight excluding hydrogens is 256 g/mol. The Morgan fingerprint density at radius 3 is 2.70 bits per heavy atom. The fraction of sp³-hybridized carbons (Fsp3) is 0.286. The lowest BCUT2D eigenvalue weighted by Gasteiger charge is -2.08. The molecule has 2 aromatic rings. The summed E-state index contributed by atoms with van der Waals surface area (Å²) in [4.78, 5) is 15.7. The molecule has 1 aromatic heterocycles. The van der Waals surface area contributed by atoms with Crippen molar-refractivity contribution in [2.24, 2.45) is 7.05 Å². The van der Waals surface area contributed by atoms with Crippen LogP contribution >= 0.6 is 0 Å². The summed E-state index contributed by atoms with van der Waals surface area (Å²) in [6.45, 7) is 0.877. The van der Waals surface area contributed by atoms with Crippen LogP contribution in [0.3, 0.4) is 0 Å². The monoisotopic (exact) mass is 274 g/mol. The Bertz CT molecular complexity index is 563. The quantitative estimate of drug-likeness (QED) is 0.726. The first-order valence-electron chi connectivity index (χ1n) is 6.39. The lowest BCUT2D eigenvalue weighted by Crippen LogP contribution is -2.26. The molecule has 1 amide bonds. The number of hydrogen-bond donors (Lipinski definition) is 3. The summed E-state index contributed by atoms with van der Waals surface area (Å²) in [6.07, 6.45) is 3.56. The molecule has 106 valence electrons. The van der Waals surface area contributed by atoms with Gasteiger partial charge in [-0.15, -0.1) is 0 Å². The SMILES string of the molecule is Cn1cncc1CNc1ccc(C(=O)NCCO)cc1. The Hall–Kier alpha value is -2.34. The summed E-state index contributed by atoms with van der Waals surface area (Å²) in [5.41, 5.74) is 2.59. The van der Waals surface area contributed by atoms with E-state index in [-0.39, 0.29) is 19.1 Å². The van der Waals surface area contributed by atoms with Gasteiger partial charge in [0.05, 0.1) is 25.2 Å². The van der Waals surface area contributed by atoms with Crippen molar-refractivity contribution < 1.29 is 9.90 Å². The zero-order valence-corrected chi connectivity index (χ0v) is 11.3. The zero-order valence-electron chi connectivity index (χ0n) is 11.3. The summed E-state index contributed by atoms with van der Waals surface area (Å²) in [5, 5.41) is 14.5. The first-order valence-corrected chi connectivity index (χ1v) is 6.39. The normalized spacial score (nSPS) is 10.3. The third-order valence-corrected chi connectivity index (χ3v) is 2.93. The molecule has 0 aliphatic carbocycles. The average Bonchev–Trinajstić information content (AvgIpc) is 2.88. The second-order valence-electron chi connectivity index (χ2n) is 4.41. The van der Waals surface area contributed by atoms with Gasteiger partial charge in [0, 0.05) is 31.0 Å². The highest BCUT2D eigenvalue weighted by Gasteiger charge is 2.04. The number of anilines is 1. The molecule has 0 bridgehead atoms. The molecule has 1 aromatic carbocycles. The maximum atomic E-state index is 11.6. The Labute approximate surface area is 117 Å². The Morgan fingerprint density at radius 2 is 2.10 bits per heavy atom. The standard InChI is InChI=1S/C14H18N4O2/c1-18-10-15-8-13(18)9-17-12-4-2-11(3-5-12)14(20)16-6-7-19/h2-5,8,10,17,19H,6-7,9H2,1H3,(H,16,20). The van der Waals surface area contributed by atoms with Crippen LogP contribution < -0.4 is 10.6 Å². The van der Waals surface area contributed by atoms with E-state index in [0.29, 0.717) is 12.1 Å². The van der Waals surface area contributed by atoms with Crippen LogP contribution in [0.15, 0.2) is 36.8 Å². The summed E-state index contributed by atoms with van der Waals surface area (Å²) < 4.78 is 1.95. The molecule has 6 heteroatoms. The van der Waals surface area contributed by atoms with Gasteiger partial charge in [-0.1, -0.05) is 0 Å². The van der Waals surface area contributed by atoms with Gasteiger partial charge in [-0.2, -0.15) is 0 Å². The van der Waals surface area contributed by atoms with Crippen LogP contribution in [0.25, 0.3) is 0 Å². The Kier molecular flexibility index (Phi) is 4.73. The highest BCUT2D eigenvalue weighted by molar-refractivity contribution is 5.94. The van der Waals surface area contributed by atoms with E-state index in [1.807, 2.05) is 29.9 Å². The van der Waals surface area contributed by atoms with E-state index in [1.54, 1.807) is 18.5 Å². The summed E-state index contributed by atoms with van der Waals surface area (Å²) in [6, 6.07) is 7.20. The topological polar surface area (TPSA) is 79.2 Å². The Morgan fingerprint density at radius 1 is 1.35 bits per heavy atom. The number of aliphatic hydroxyl groups is 1. The second kappa shape index (κ2) is 6.72. The van der Waals surface area contributed by atoms with Crippen LogP contribution in [0.2, 0.25) is 0 Å². The molecule has 20 heavy (non-hydrogen) atoms. The lowest BCUT2D eigenvalue weighted by atomic mass is 10.2. The van der Waals surface area contributed by atoms with E-state index in [4.69, 9.17) is 5.11 Å². The molecule has 0 unspecified atom stereocenters. The number of rotatable bonds is 6. The van der Waals surface area contributed by atoms with Gasteiger partial charge in [0.2, 0.25) is 0 Å². The van der Waals surface area contributed by atoms with Gasteiger partial charge in [0.25, 0.3) is 5.91 Å². The third kappa shape index (κ3) is 3.58. The van der Waals surface area contributed by atoms with E-state index in [2.05, 4.69) is 15.6 Å². The molecule has 1 heterocycles. The molecule has 0 atom stereocenters. The number of amides is 1. The van der Waals surface area contributed by atoms with Crippen LogP contribution in [0, 0.1) is 0 Å². The second-order valence-corrected chi connectivity index (χ2v) is 4.41. The maximum absolute atomic E-state index is 11.6. The van der Waals surface area contributed by atoms with Crippen LogP contribution in [0.5, 0.6) is 0 Å². The van der Waals surface area contributed by atoms with Crippen molar-refractivity contribution >= 4 is 11.6 Å². The van der Waals surface area contributed by atoms with Crippen molar-refractivity contribution in [2.75, 3.05) is 18.5 Å². The summed E-state index contributed by atoms with van der Waals surface area (Å²) in [5.74, 6) is -0.183. The number of nitrogens with one attached hydrogen (secondary N) is 2. The molecular formula is C14H18N4O2. The summed E-state index contributed by atoms with van der Waals surface area (Å²) >= 11 is 0. The van der Waals surface area contributed by atoms with Crippen molar-refractivity contribution in [3.8, 4) is 0 Å². The van der Waals surface area contributed by atoms with Crippen molar-refractivity contribution in [3.05, 3.63) is 48.0 Å². The zero-order chi connectivity index (χ0) is 14.4. The predicted molar refractivity (Wildman–Crippen MR) is 76.4 cm³/mol. The van der Waals surface area contributed by atoms with E-state index < -0.39 is 0 Å². The molecule has 0 radical (unpaired) electrons. The first kappa shape index (κ1) is 14.1. The van der Waals surface area contributed by atoms with Crippen molar-refractivity contribution in [3.63, 3.8) is 0 Å². The van der Waals surface area contributed by atoms with Crippen LogP contribution in [0.4, 0.5) is 5.69 Å². The largest absolute Gasteiger partial charge is 0.395 e. The maximum Gasteiger partial charge on any atom is 0.251 e. The minimum atomic E-state index is -0.183. The van der Waals surface area contributed by atoms with Gasteiger partial charge in [0.1, 0.15) is 0 Å². The molecule has 0 spiro atoms. The number of carbonyl (C=O) groups is 1. The molecule has 0 saturated carbocycles. The first-order chi connectivity index (χ1) is 9.70. The van der Waals surface area contributed by atoms with Gasteiger partial charge in [-0.25, -0.2) is 4.98 Å². The Balaban J connectivity index is 1.91. The highest BCUT2D eigenvalue weighted by Crippen LogP contribution is 2.11. The molecule has 2 rings (SSSR count). The van der Waals surface area contributed by atoms with Gasteiger partial charge in [-0.05, 0) is 24.3 Å². The van der Waals surface area contributed by atoms with Crippen molar-refractivity contribution in [2.45, 2.75) is 6.54 Å². The van der Waals surface area contributed by atoms with Gasteiger partial charge in [-0.3, -0.25) is 4.79 Å². The van der Waals surface area contributed by atoms with E-state index in [0.717, 1.165) is 11.4 Å². The summed E-state index contributed by atoms with van der Waals surface area (Å²) in [7, 11) is 1.94. The average molecular weight is 274 g/mol. The van der Waals surface area contributed by atoms with Gasteiger partial charge >= 0.3 is 0 Å². The van der Waals surface area contributed by atoms with Crippen LogP contribution in [-0.2, 0) is 13.6 Å².